The van der Waals surface area contributed by atoms with Gasteiger partial charge in [-0.1, -0.05) is 36.4 Å². The number of benzene rings is 3. The number of fused-ring (bicyclic) bond motifs is 1. The first-order chi connectivity index (χ1) is 16.9. The van der Waals surface area contributed by atoms with Crippen LogP contribution in [-0.4, -0.2) is 30.2 Å². The Balaban J connectivity index is 1.58. The Morgan fingerprint density at radius 3 is 2.63 bits per heavy atom. The zero-order chi connectivity index (χ0) is 24.5. The molecule has 0 fully saturated rings. The van der Waals surface area contributed by atoms with Crippen molar-refractivity contribution < 1.29 is 14.1 Å². The number of nitrogens with one attached hydrogen (secondary N) is 1. The number of anilines is 1. The quantitative estimate of drug-likeness (QED) is 0.281. The highest BCUT2D eigenvalue weighted by Gasteiger charge is 2.20. The summed E-state index contributed by atoms with van der Waals surface area (Å²) in [7, 11) is 0. The van der Waals surface area contributed by atoms with Crippen LogP contribution in [0, 0.1) is 22.9 Å². The van der Waals surface area contributed by atoms with Crippen molar-refractivity contribution in [2.45, 2.75) is 13.5 Å². The molecule has 1 amide bonds. The average molecular weight is 470 g/mol. The lowest BCUT2D eigenvalue weighted by Crippen LogP contribution is -2.17. The smallest absolute Gasteiger partial charge is 0.270 e. The Morgan fingerprint density at radius 2 is 1.83 bits per heavy atom. The average Bonchev–Trinajstić information content (AvgIpc) is 3.40. The third kappa shape index (κ3) is 4.24. The summed E-state index contributed by atoms with van der Waals surface area (Å²) in [5, 5.41) is 18.4. The van der Waals surface area contributed by atoms with Gasteiger partial charge in [0.05, 0.1) is 28.2 Å². The minimum Gasteiger partial charge on any atom is -0.306 e. The number of rotatable bonds is 6. The molecule has 0 spiro atoms. The second-order valence-electron chi connectivity index (χ2n) is 7.92. The van der Waals surface area contributed by atoms with Gasteiger partial charge in [-0.05, 0) is 31.2 Å². The minimum absolute atomic E-state index is 0.129. The van der Waals surface area contributed by atoms with Gasteiger partial charge in [-0.2, -0.15) is 9.78 Å². The minimum atomic E-state index is -0.559. The molecule has 0 saturated heterocycles. The highest BCUT2D eigenvalue weighted by Crippen LogP contribution is 2.25. The van der Waals surface area contributed by atoms with E-state index in [1.54, 1.807) is 31.2 Å². The highest BCUT2D eigenvalue weighted by molar-refractivity contribution is 6.04. The number of halogens is 1. The van der Waals surface area contributed by atoms with Gasteiger partial charge in [0.2, 0.25) is 5.95 Å². The zero-order valence-electron chi connectivity index (χ0n) is 18.6. The van der Waals surface area contributed by atoms with Crippen LogP contribution in [0.25, 0.3) is 17.0 Å². The number of carbonyl (C=O) groups excluding carboxylic acids is 1. The van der Waals surface area contributed by atoms with Gasteiger partial charge in [-0.25, -0.2) is 9.37 Å². The van der Waals surface area contributed by atoms with E-state index in [-0.39, 0.29) is 23.6 Å². The Hall–Kier alpha value is -4.86. The van der Waals surface area contributed by atoms with E-state index in [0.717, 1.165) is 5.52 Å². The number of amides is 1. The Morgan fingerprint density at radius 1 is 1.06 bits per heavy atom. The first-order valence-electron chi connectivity index (χ1n) is 10.7. The number of imidazole rings is 1. The van der Waals surface area contributed by atoms with Gasteiger partial charge in [0.1, 0.15) is 11.6 Å². The number of nitro benzene ring substituents is 1. The van der Waals surface area contributed by atoms with Gasteiger partial charge < -0.3 is 9.88 Å². The molecule has 5 aromatic rings. The lowest BCUT2D eigenvalue weighted by Gasteiger charge is -2.12. The number of para-hydroxylation sites is 2. The van der Waals surface area contributed by atoms with E-state index < -0.39 is 10.8 Å². The van der Waals surface area contributed by atoms with Crippen LogP contribution in [-0.2, 0) is 6.54 Å². The first kappa shape index (κ1) is 22.0. The monoisotopic (exact) mass is 470 g/mol. The van der Waals surface area contributed by atoms with Crippen molar-refractivity contribution in [1.29, 1.82) is 0 Å². The molecular weight excluding hydrogens is 451 g/mol. The molecule has 174 valence electrons. The largest absolute Gasteiger partial charge is 0.306 e. The number of nitrogens with zero attached hydrogens (tertiary/aromatic N) is 5. The second kappa shape index (κ2) is 8.82. The van der Waals surface area contributed by atoms with Crippen molar-refractivity contribution >= 4 is 28.4 Å². The molecule has 0 saturated carbocycles. The fourth-order valence-electron chi connectivity index (χ4n) is 3.87. The molecule has 0 aliphatic carbocycles. The van der Waals surface area contributed by atoms with Crippen LogP contribution in [0.15, 0.2) is 78.9 Å². The lowest BCUT2D eigenvalue weighted by molar-refractivity contribution is -0.384. The van der Waals surface area contributed by atoms with E-state index in [0.29, 0.717) is 28.5 Å². The van der Waals surface area contributed by atoms with Gasteiger partial charge in [-0.15, -0.1) is 0 Å². The number of nitro groups is 1. The highest BCUT2D eigenvalue weighted by atomic mass is 19.1. The van der Waals surface area contributed by atoms with Crippen molar-refractivity contribution in [2.75, 3.05) is 5.32 Å². The number of hydrogen-bond acceptors (Lipinski definition) is 5. The first-order valence-corrected chi connectivity index (χ1v) is 10.7. The van der Waals surface area contributed by atoms with Gasteiger partial charge in [0.15, 0.2) is 0 Å². The Bertz CT molecular complexity index is 1590. The maximum absolute atomic E-state index is 14.5. The summed E-state index contributed by atoms with van der Waals surface area (Å²) >= 11 is 0. The molecule has 0 bridgehead atoms. The van der Waals surface area contributed by atoms with Crippen LogP contribution in [0.2, 0.25) is 0 Å². The molecule has 35 heavy (non-hydrogen) atoms. The van der Waals surface area contributed by atoms with Crippen LogP contribution < -0.4 is 5.32 Å². The number of carbonyl (C=O) groups is 1. The van der Waals surface area contributed by atoms with Crippen LogP contribution in [0.5, 0.6) is 0 Å². The van der Waals surface area contributed by atoms with E-state index >= 15 is 0 Å². The summed E-state index contributed by atoms with van der Waals surface area (Å²) in [6, 6.07) is 21.1. The summed E-state index contributed by atoms with van der Waals surface area (Å²) in [6.07, 6.45) is 0. The fraction of sp³-hybridized carbons (Fsp3) is 0.0800. The van der Waals surface area contributed by atoms with Crippen molar-refractivity contribution in [3.63, 3.8) is 0 Å². The van der Waals surface area contributed by atoms with Crippen LogP contribution in [0.1, 0.15) is 21.6 Å². The van der Waals surface area contributed by atoms with Crippen molar-refractivity contribution in [1.82, 2.24) is 19.3 Å². The third-order valence-corrected chi connectivity index (χ3v) is 5.50. The Labute approximate surface area is 198 Å². The molecule has 0 aliphatic heterocycles. The van der Waals surface area contributed by atoms with Crippen LogP contribution >= 0.6 is 0 Å². The SMILES string of the molecule is Cc1cc(NC(=O)c2cccc([N+](=O)[O-])c2)n(-c2nc3ccccc3n2Cc2ccccc2F)n1. The standard InChI is InChI=1S/C25H19FN6O3/c1-16-13-23(28-24(33)17-8-6-9-19(14-17)32(34)35)31(29-16)25-27-21-11-4-5-12-22(21)30(25)15-18-7-2-3-10-20(18)26/h2-14H,15H2,1H3,(H,28,33). The molecule has 10 heteroatoms. The molecule has 2 aromatic heterocycles. The van der Waals surface area contributed by atoms with E-state index in [9.17, 15) is 19.3 Å². The van der Waals surface area contributed by atoms with Gasteiger partial charge in [0, 0.05) is 29.3 Å². The number of aryl methyl sites for hydroxylation is 1. The molecule has 0 unspecified atom stereocenters. The van der Waals surface area contributed by atoms with Gasteiger partial charge in [-0.3, -0.25) is 14.9 Å². The van der Waals surface area contributed by atoms with Crippen molar-refractivity contribution in [3.8, 4) is 5.95 Å². The molecule has 1 N–H and O–H groups in total. The second-order valence-corrected chi connectivity index (χ2v) is 7.92. The predicted molar refractivity (Wildman–Crippen MR) is 128 cm³/mol. The molecule has 0 aliphatic rings. The Kier molecular flexibility index (Phi) is 5.54. The summed E-state index contributed by atoms with van der Waals surface area (Å²) in [6.45, 7) is 1.96. The molecular formula is C25H19FN6O3. The molecule has 9 nitrogen and oxygen atoms in total. The van der Waals surface area contributed by atoms with Crippen LogP contribution in [0.4, 0.5) is 15.9 Å². The van der Waals surface area contributed by atoms with Crippen molar-refractivity contribution in [2.24, 2.45) is 0 Å². The topological polar surface area (TPSA) is 108 Å². The zero-order valence-corrected chi connectivity index (χ0v) is 18.6. The molecule has 5 rings (SSSR count). The third-order valence-electron chi connectivity index (χ3n) is 5.50. The summed E-state index contributed by atoms with van der Waals surface area (Å²) in [4.78, 5) is 28.2. The van der Waals surface area contributed by atoms with E-state index in [4.69, 9.17) is 4.98 Å². The fourth-order valence-corrected chi connectivity index (χ4v) is 3.87. The van der Waals surface area contributed by atoms with Gasteiger partial charge in [0.25, 0.3) is 11.6 Å². The number of non-ortho nitro benzene ring substituents is 1. The van der Waals surface area contributed by atoms with Crippen LogP contribution in [0.3, 0.4) is 0 Å². The van der Waals surface area contributed by atoms with Crippen molar-refractivity contribution in [3.05, 3.63) is 112 Å². The molecule has 2 heterocycles. The molecule has 0 radical (unpaired) electrons. The molecule has 3 aromatic carbocycles. The summed E-state index contributed by atoms with van der Waals surface area (Å²) in [5.41, 5.74) is 2.49. The van der Waals surface area contributed by atoms with E-state index in [1.165, 1.54) is 35.0 Å². The normalized spacial score (nSPS) is 11.0. The maximum atomic E-state index is 14.5. The summed E-state index contributed by atoms with van der Waals surface area (Å²) < 4.78 is 17.8. The van der Waals surface area contributed by atoms with E-state index in [2.05, 4.69) is 10.4 Å². The number of aromatic nitrogens is 4. The molecule has 0 atom stereocenters. The van der Waals surface area contributed by atoms with E-state index in [1.807, 2.05) is 28.8 Å². The summed E-state index contributed by atoms with van der Waals surface area (Å²) in [5.74, 6) is -0.167. The lowest BCUT2D eigenvalue weighted by atomic mass is 10.2. The van der Waals surface area contributed by atoms with Gasteiger partial charge >= 0.3 is 0 Å². The number of hydrogen-bond donors (Lipinski definition) is 1. The maximum Gasteiger partial charge on any atom is 0.270 e. The predicted octanol–water partition coefficient (Wildman–Crippen LogP) is 4.88.